The van der Waals surface area contributed by atoms with Gasteiger partial charge >= 0.3 is 0 Å². The molecule has 1 rings (SSSR count). The highest BCUT2D eigenvalue weighted by atomic mass is 16.1. The molecule has 1 N–H and O–H groups in total. The second-order valence-corrected chi connectivity index (χ2v) is 3.86. The normalized spacial score (nSPS) is 29.8. The summed E-state index contributed by atoms with van der Waals surface area (Å²) in [7, 11) is 0. The molecule has 0 heterocycles. The lowest BCUT2D eigenvalue weighted by molar-refractivity contribution is -0.126. The van der Waals surface area contributed by atoms with Crippen LogP contribution in [0.15, 0.2) is 0 Å². The third kappa shape index (κ3) is 2.50. The summed E-state index contributed by atoms with van der Waals surface area (Å²) in [5, 5.41) is 2.90. The Kier molecular flexibility index (Phi) is 3.57. The topological polar surface area (TPSA) is 29.1 Å². The first-order valence-corrected chi connectivity index (χ1v) is 5.01. The Hall–Kier alpha value is -0.530. The molecule has 12 heavy (non-hydrogen) atoms. The number of amides is 1. The van der Waals surface area contributed by atoms with Crippen molar-refractivity contribution in [3.8, 4) is 0 Å². The summed E-state index contributed by atoms with van der Waals surface area (Å²) in [5.74, 6) is 1.31. The van der Waals surface area contributed by atoms with Crippen LogP contribution in [0.5, 0.6) is 0 Å². The molecule has 1 saturated carbocycles. The number of carbonyl (C=O) groups excluding carboxylic acids is 1. The lowest BCUT2D eigenvalue weighted by atomic mass is 9.82. The van der Waals surface area contributed by atoms with Crippen LogP contribution in [0.3, 0.4) is 0 Å². The SMILES string of the molecule is CCNC(=O)[C@H]1CCC[C@@H](C)C1. The van der Waals surface area contributed by atoms with Gasteiger partial charge in [0.2, 0.25) is 5.91 Å². The van der Waals surface area contributed by atoms with E-state index >= 15 is 0 Å². The number of carbonyl (C=O) groups is 1. The quantitative estimate of drug-likeness (QED) is 0.672. The molecule has 1 amide bonds. The van der Waals surface area contributed by atoms with Crippen molar-refractivity contribution in [2.75, 3.05) is 6.54 Å². The first-order valence-electron chi connectivity index (χ1n) is 5.01. The van der Waals surface area contributed by atoms with E-state index in [-0.39, 0.29) is 5.91 Å². The Bertz CT molecular complexity index is 156. The molecule has 0 radical (unpaired) electrons. The third-order valence-corrected chi connectivity index (χ3v) is 2.66. The van der Waals surface area contributed by atoms with Crippen molar-refractivity contribution < 1.29 is 4.79 Å². The summed E-state index contributed by atoms with van der Waals surface area (Å²) in [4.78, 5) is 11.4. The average molecular weight is 169 g/mol. The second kappa shape index (κ2) is 4.48. The zero-order valence-corrected chi connectivity index (χ0v) is 8.10. The van der Waals surface area contributed by atoms with Gasteiger partial charge in [0.15, 0.2) is 0 Å². The van der Waals surface area contributed by atoms with Gasteiger partial charge in [0.25, 0.3) is 0 Å². The van der Waals surface area contributed by atoms with Crippen LogP contribution in [-0.2, 0) is 4.79 Å². The molecule has 0 unspecified atom stereocenters. The number of hydrogen-bond donors (Lipinski definition) is 1. The summed E-state index contributed by atoms with van der Waals surface area (Å²) in [5.41, 5.74) is 0. The van der Waals surface area contributed by atoms with E-state index in [0.717, 1.165) is 25.3 Å². The van der Waals surface area contributed by atoms with Crippen molar-refractivity contribution in [1.82, 2.24) is 5.32 Å². The molecular formula is C10H19NO. The molecule has 1 aliphatic rings. The molecule has 2 nitrogen and oxygen atoms in total. The van der Waals surface area contributed by atoms with Crippen molar-refractivity contribution >= 4 is 5.91 Å². The van der Waals surface area contributed by atoms with Gasteiger partial charge in [-0.2, -0.15) is 0 Å². The Balaban J connectivity index is 2.35. The van der Waals surface area contributed by atoms with E-state index in [1.165, 1.54) is 12.8 Å². The molecule has 0 saturated heterocycles. The van der Waals surface area contributed by atoms with Crippen LogP contribution < -0.4 is 5.32 Å². The van der Waals surface area contributed by atoms with E-state index in [4.69, 9.17) is 0 Å². The standard InChI is InChI=1S/C10H19NO/c1-3-11-10(12)9-6-4-5-8(2)7-9/h8-9H,3-7H2,1-2H3,(H,11,12)/t8-,9+/m1/s1. The van der Waals surface area contributed by atoms with E-state index in [1.54, 1.807) is 0 Å². The zero-order valence-electron chi connectivity index (χ0n) is 8.10. The van der Waals surface area contributed by atoms with Crippen LogP contribution in [0.4, 0.5) is 0 Å². The van der Waals surface area contributed by atoms with Gasteiger partial charge in [-0.05, 0) is 25.7 Å². The van der Waals surface area contributed by atoms with Gasteiger partial charge in [-0.25, -0.2) is 0 Å². The first kappa shape index (κ1) is 9.56. The largest absolute Gasteiger partial charge is 0.356 e. The molecular weight excluding hydrogens is 150 g/mol. The molecule has 0 aromatic rings. The Labute approximate surface area is 74.7 Å². The smallest absolute Gasteiger partial charge is 0.223 e. The molecule has 1 fully saturated rings. The van der Waals surface area contributed by atoms with Crippen LogP contribution in [0.1, 0.15) is 39.5 Å². The van der Waals surface area contributed by atoms with Crippen LogP contribution >= 0.6 is 0 Å². The first-order chi connectivity index (χ1) is 5.74. The highest BCUT2D eigenvalue weighted by molar-refractivity contribution is 5.78. The van der Waals surface area contributed by atoms with E-state index in [9.17, 15) is 4.79 Å². The van der Waals surface area contributed by atoms with E-state index in [0.29, 0.717) is 5.92 Å². The average Bonchev–Trinajstić information content (AvgIpc) is 2.05. The van der Waals surface area contributed by atoms with Gasteiger partial charge in [0.05, 0.1) is 0 Å². The maximum absolute atomic E-state index is 11.4. The Morgan fingerprint density at radius 3 is 2.83 bits per heavy atom. The van der Waals surface area contributed by atoms with E-state index < -0.39 is 0 Å². The summed E-state index contributed by atoms with van der Waals surface area (Å²) >= 11 is 0. The molecule has 0 aromatic heterocycles. The number of hydrogen-bond acceptors (Lipinski definition) is 1. The van der Waals surface area contributed by atoms with Gasteiger partial charge in [0.1, 0.15) is 0 Å². The van der Waals surface area contributed by atoms with Crippen LogP contribution in [-0.4, -0.2) is 12.5 Å². The summed E-state index contributed by atoms with van der Waals surface area (Å²) in [6.07, 6.45) is 4.71. The number of nitrogens with one attached hydrogen (secondary N) is 1. The fraction of sp³-hybridized carbons (Fsp3) is 0.900. The summed E-state index contributed by atoms with van der Waals surface area (Å²) < 4.78 is 0. The predicted molar refractivity (Wildman–Crippen MR) is 49.8 cm³/mol. The number of rotatable bonds is 2. The second-order valence-electron chi connectivity index (χ2n) is 3.86. The van der Waals surface area contributed by atoms with Gasteiger partial charge in [-0.1, -0.05) is 19.8 Å². The van der Waals surface area contributed by atoms with E-state index in [1.807, 2.05) is 6.92 Å². The van der Waals surface area contributed by atoms with Crippen LogP contribution in [0.2, 0.25) is 0 Å². The van der Waals surface area contributed by atoms with Crippen molar-refractivity contribution in [1.29, 1.82) is 0 Å². The highest BCUT2D eigenvalue weighted by Gasteiger charge is 2.24. The van der Waals surface area contributed by atoms with Crippen molar-refractivity contribution in [3.05, 3.63) is 0 Å². The molecule has 0 bridgehead atoms. The van der Waals surface area contributed by atoms with Gasteiger partial charge in [-0.3, -0.25) is 4.79 Å². The maximum Gasteiger partial charge on any atom is 0.223 e. The lowest BCUT2D eigenvalue weighted by Gasteiger charge is -2.25. The molecule has 1 aliphatic carbocycles. The predicted octanol–water partition coefficient (Wildman–Crippen LogP) is 1.95. The highest BCUT2D eigenvalue weighted by Crippen LogP contribution is 2.28. The van der Waals surface area contributed by atoms with Gasteiger partial charge in [-0.15, -0.1) is 0 Å². The summed E-state index contributed by atoms with van der Waals surface area (Å²) in [6, 6.07) is 0. The third-order valence-electron chi connectivity index (χ3n) is 2.66. The molecule has 2 heteroatoms. The van der Waals surface area contributed by atoms with Crippen molar-refractivity contribution in [2.45, 2.75) is 39.5 Å². The summed E-state index contributed by atoms with van der Waals surface area (Å²) in [6.45, 7) is 4.99. The fourth-order valence-corrected chi connectivity index (χ4v) is 1.99. The van der Waals surface area contributed by atoms with E-state index in [2.05, 4.69) is 12.2 Å². The Morgan fingerprint density at radius 1 is 1.50 bits per heavy atom. The molecule has 70 valence electrons. The minimum absolute atomic E-state index is 0.268. The van der Waals surface area contributed by atoms with Gasteiger partial charge < -0.3 is 5.32 Å². The van der Waals surface area contributed by atoms with Crippen molar-refractivity contribution in [3.63, 3.8) is 0 Å². The van der Waals surface area contributed by atoms with Gasteiger partial charge in [0, 0.05) is 12.5 Å². The van der Waals surface area contributed by atoms with Crippen molar-refractivity contribution in [2.24, 2.45) is 11.8 Å². The molecule has 0 aliphatic heterocycles. The molecule has 0 spiro atoms. The molecule has 2 atom stereocenters. The maximum atomic E-state index is 11.4. The monoisotopic (exact) mass is 169 g/mol. The molecule has 0 aromatic carbocycles. The van der Waals surface area contributed by atoms with Crippen LogP contribution in [0.25, 0.3) is 0 Å². The fourth-order valence-electron chi connectivity index (χ4n) is 1.99. The minimum Gasteiger partial charge on any atom is -0.356 e. The lowest BCUT2D eigenvalue weighted by Crippen LogP contribution is -2.33. The minimum atomic E-state index is 0.268. The zero-order chi connectivity index (χ0) is 8.97. The van der Waals surface area contributed by atoms with Crippen LogP contribution in [0, 0.1) is 11.8 Å². The Morgan fingerprint density at radius 2 is 2.25 bits per heavy atom.